The third-order valence-corrected chi connectivity index (χ3v) is 4.35. The van der Waals surface area contributed by atoms with Crippen molar-refractivity contribution in [2.75, 3.05) is 11.6 Å². The average Bonchev–Trinajstić information content (AvgIpc) is 2.46. The molecule has 6 heteroatoms. The Morgan fingerprint density at radius 2 is 2.00 bits per heavy atom. The number of anilines is 1. The smallest absolute Gasteiger partial charge is 0.272 e. The minimum Gasteiger partial charge on any atom is -0.379 e. The largest absolute Gasteiger partial charge is 0.379 e. The minimum atomic E-state index is -0.887. The first-order valence-electron chi connectivity index (χ1n) is 7.27. The van der Waals surface area contributed by atoms with Crippen LogP contribution in [0, 0.1) is 17.0 Å². The molecule has 2 unspecified atom stereocenters. The van der Waals surface area contributed by atoms with Crippen LogP contribution in [-0.2, 0) is 16.6 Å². The average molecular weight is 332 g/mol. The Kier molecular flexibility index (Phi) is 5.50. The summed E-state index contributed by atoms with van der Waals surface area (Å²) in [6.45, 7) is 3.69. The fraction of sp³-hybridized carbons (Fsp3) is 0.294. The number of nitrogens with one attached hydrogen (secondary N) is 1. The van der Waals surface area contributed by atoms with Gasteiger partial charge < -0.3 is 5.32 Å². The maximum Gasteiger partial charge on any atom is 0.272 e. The lowest BCUT2D eigenvalue weighted by Crippen LogP contribution is -2.08. The normalized spacial score (nSPS) is 13.3. The van der Waals surface area contributed by atoms with Gasteiger partial charge in [0, 0.05) is 46.2 Å². The lowest BCUT2D eigenvalue weighted by Gasteiger charge is -2.16. The molecule has 0 saturated carbocycles. The van der Waals surface area contributed by atoms with Gasteiger partial charge in [-0.1, -0.05) is 24.3 Å². The van der Waals surface area contributed by atoms with Crippen molar-refractivity contribution in [1.82, 2.24) is 0 Å². The molecule has 0 radical (unpaired) electrons. The van der Waals surface area contributed by atoms with Crippen LogP contribution in [-0.4, -0.2) is 15.4 Å². The van der Waals surface area contributed by atoms with Crippen molar-refractivity contribution in [2.24, 2.45) is 0 Å². The number of hydrogen-bond donors (Lipinski definition) is 1. The summed E-state index contributed by atoms with van der Waals surface area (Å²) in [6.07, 6.45) is 1.67. The Morgan fingerprint density at radius 3 is 2.65 bits per heavy atom. The van der Waals surface area contributed by atoms with Crippen LogP contribution in [0.5, 0.6) is 0 Å². The van der Waals surface area contributed by atoms with Crippen molar-refractivity contribution in [3.63, 3.8) is 0 Å². The molecule has 0 aromatic heterocycles. The highest BCUT2D eigenvalue weighted by atomic mass is 32.2. The predicted molar refractivity (Wildman–Crippen MR) is 94.1 cm³/mol. The zero-order chi connectivity index (χ0) is 17.0. The number of nitro groups is 1. The zero-order valence-corrected chi connectivity index (χ0v) is 14.2. The van der Waals surface area contributed by atoms with Crippen LogP contribution in [0.1, 0.15) is 29.7 Å². The van der Waals surface area contributed by atoms with Crippen molar-refractivity contribution in [2.45, 2.75) is 25.6 Å². The lowest BCUT2D eigenvalue weighted by molar-refractivity contribution is -0.385. The summed E-state index contributed by atoms with van der Waals surface area (Å²) < 4.78 is 11.3. The molecule has 23 heavy (non-hydrogen) atoms. The van der Waals surface area contributed by atoms with E-state index in [4.69, 9.17) is 0 Å². The molecule has 0 fully saturated rings. The SMILES string of the molecule is Cc1ccc(C(C)Nc2cccc(CS(C)=O)c2)cc1[N+](=O)[O-]. The third kappa shape index (κ3) is 4.63. The highest BCUT2D eigenvalue weighted by molar-refractivity contribution is 7.83. The van der Waals surface area contributed by atoms with Gasteiger partial charge in [0.15, 0.2) is 0 Å². The van der Waals surface area contributed by atoms with Gasteiger partial charge in [-0.2, -0.15) is 0 Å². The molecule has 0 heterocycles. The maximum absolute atomic E-state index is 11.3. The van der Waals surface area contributed by atoms with Crippen molar-refractivity contribution in [3.05, 3.63) is 69.3 Å². The van der Waals surface area contributed by atoms with Gasteiger partial charge in [0.1, 0.15) is 0 Å². The Labute approximate surface area is 138 Å². The van der Waals surface area contributed by atoms with E-state index in [1.807, 2.05) is 37.3 Å². The fourth-order valence-electron chi connectivity index (χ4n) is 2.41. The molecule has 122 valence electrons. The molecule has 2 aromatic carbocycles. The monoisotopic (exact) mass is 332 g/mol. The Balaban J connectivity index is 2.19. The second kappa shape index (κ2) is 7.37. The van der Waals surface area contributed by atoms with Crippen LogP contribution < -0.4 is 5.32 Å². The van der Waals surface area contributed by atoms with Crippen molar-refractivity contribution < 1.29 is 9.13 Å². The summed E-state index contributed by atoms with van der Waals surface area (Å²) in [4.78, 5) is 10.7. The van der Waals surface area contributed by atoms with Gasteiger partial charge in [0.05, 0.1) is 4.92 Å². The summed E-state index contributed by atoms with van der Waals surface area (Å²) in [7, 11) is -0.887. The van der Waals surface area contributed by atoms with Crippen molar-refractivity contribution in [3.8, 4) is 0 Å². The summed E-state index contributed by atoms with van der Waals surface area (Å²) in [5, 5.41) is 14.4. The van der Waals surface area contributed by atoms with Crippen LogP contribution in [0.25, 0.3) is 0 Å². The van der Waals surface area contributed by atoms with E-state index >= 15 is 0 Å². The van der Waals surface area contributed by atoms with E-state index in [1.54, 1.807) is 25.3 Å². The highest BCUT2D eigenvalue weighted by Gasteiger charge is 2.14. The van der Waals surface area contributed by atoms with E-state index in [0.29, 0.717) is 11.3 Å². The second-order valence-electron chi connectivity index (χ2n) is 5.59. The number of hydrogen-bond acceptors (Lipinski definition) is 4. The Bertz CT molecular complexity index is 746. The van der Waals surface area contributed by atoms with Crippen LogP contribution in [0.2, 0.25) is 0 Å². The van der Waals surface area contributed by atoms with Gasteiger partial charge in [-0.15, -0.1) is 0 Å². The number of nitrogens with zero attached hydrogens (tertiary/aromatic N) is 1. The van der Waals surface area contributed by atoms with E-state index in [2.05, 4.69) is 5.32 Å². The lowest BCUT2D eigenvalue weighted by atomic mass is 10.0. The van der Waals surface area contributed by atoms with Crippen LogP contribution in [0.15, 0.2) is 42.5 Å². The first kappa shape index (κ1) is 17.1. The van der Waals surface area contributed by atoms with Gasteiger partial charge in [-0.3, -0.25) is 14.3 Å². The molecule has 0 aliphatic heterocycles. The van der Waals surface area contributed by atoms with E-state index in [1.165, 1.54) is 0 Å². The molecule has 0 spiro atoms. The molecule has 0 saturated heterocycles. The van der Waals surface area contributed by atoms with E-state index in [9.17, 15) is 14.3 Å². The Morgan fingerprint density at radius 1 is 1.26 bits per heavy atom. The van der Waals surface area contributed by atoms with Gasteiger partial charge in [0.2, 0.25) is 0 Å². The Hall–Kier alpha value is -2.21. The van der Waals surface area contributed by atoms with Gasteiger partial charge in [0.25, 0.3) is 5.69 Å². The molecular weight excluding hydrogens is 312 g/mol. The van der Waals surface area contributed by atoms with Crippen LogP contribution in [0.4, 0.5) is 11.4 Å². The van der Waals surface area contributed by atoms with Crippen LogP contribution >= 0.6 is 0 Å². The summed E-state index contributed by atoms with van der Waals surface area (Å²) in [5.74, 6) is 0.514. The molecule has 0 bridgehead atoms. The summed E-state index contributed by atoms with van der Waals surface area (Å²) >= 11 is 0. The number of benzene rings is 2. The first-order chi connectivity index (χ1) is 10.9. The molecule has 0 amide bonds. The molecule has 5 nitrogen and oxygen atoms in total. The quantitative estimate of drug-likeness (QED) is 0.642. The molecule has 2 atom stereocenters. The molecule has 1 N–H and O–H groups in total. The van der Waals surface area contributed by atoms with Crippen molar-refractivity contribution >= 4 is 22.2 Å². The standard InChI is InChI=1S/C17H20N2O3S/c1-12-7-8-15(10-17(12)19(20)21)13(2)18-16-6-4-5-14(9-16)11-23(3)22/h4-10,13,18H,11H2,1-3H3. The summed E-state index contributed by atoms with van der Waals surface area (Å²) in [6, 6.07) is 12.9. The van der Waals surface area contributed by atoms with Gasteiger partial charge >= 0.3 is 0 Å². The topological polar surface area (TPSA) is 72.2 Å². The molecule has 0 aliphatic rings. The van der Waals surface area contributed by atoms with E-state index in [-0.39, 0.29) is 16.7 Å². The third-order valence-electron chi connectivity index (χ3n) is 3.61. The molecular formula is C17H20N2O3S. The molecule has 0 aliphatic carbocycles. The van der Waals surface area contributed by atoms with Gasteiger partial charge in [-0.05, 0) is 37.1 Å². The van der Waals surface area contributed by atoms with E-state index < -0.39 is 10.8 Å². The molecule has 2 rings (SSSR count). The number of nitro benzene ring substituents is 1. The number of aryl methyl sites for hydroxylation is 1. The summed E-state index contributed by atoms with van der Waals surface area (Å²) in [5.41, 5.74) is 3.54. The highest BCUT2D eigenvalue weighted by Crippen LogP contribution is 2.26. The number of rotatable bonds is 6. The second-order valence-corrected chi connectivity index (χ2v) is 7.02. The molecule has 2 aromatic rings. The van der Waals surface area contributed by atoms with Crippen LogP contribution in [0.3, 0.4) is 0 Å². The maximum atomic E-state index is 11.3. The van der Waals surface area contributed by atoms with E-state index in [0.717, 1.165) is 16.8 Å². The zero-order valence-electron chi connectivity index (χ0n) is 13.4. The fourth-order valence-corrected chi connectivity index (χ4v) is 3.06. The van der Waals surface area contributed by atoms with Gasteiger partial charge in [-0.25, -0.2) is 0 Å². The minimum absolute atomic E-state index is 0.0725. The predicted octanol–water partition coefficient (Wildman–Crippen LogP) is 3.95. The van der Waals surface area contributed by atoms with Crippen molar-refractivity contribution in [1.29, 1.82) is 0 Å². The first-order valence-corrected chi connectivity index (χ1v) is 9.00.